The van der Waals surface area contributed by atoms with Crippen molar-refractivity contribution >= 4 is 46.1 Å². The largest absolute Gasteiger partial charge is 0.496 e. The summed E-state index contributed by atoms with van der Waals surface area (Å²) in [4.78, 5) is 0. The lowest BCUT2D eigenvalue weighted by Gasteiger charge is -2.21. The highest BCUT2D eigenvalue weighted by atomic mass is 35.5. The Labute approximate surface area is 144 Å². The minimum atomic E-state index is -0.102. The standard InChI is InChI=1S/C15H16Cl3NOS/c1-3-6-19-14(11-8-13(17)21-15(11)18)10-7-9(16)4-5-12(10)20-2/h4-5,7-8,14,19H,3,6H2,1-2H3. The predicted molar refractivity (Wildman–Crippen MR) is 92.5 cm³/mol. The minimum Gasteiger partial charge on any atom is -0.496 e. The van der Waals surface area contributed by atoms with Crippen molar-refractivity contribution in [3.8, 4) is 5.75 Å². The smallest absolute Gasteiger partial charge is 0.124 e. The van der Waals surface area contributed by atoms with Crippen molar-refractivity contribution in [1.82, 2.24) is 5.32 Å². The maximum atomic E-state index is 6.32. The summed E-state index contributed by atoms with van der Waals surface area (Å²) in [5, 5.41) is 4.14. The average molecular weight is 365 g/mol. The van der Waals surface area contributed by atoms with Crippen LogP contribution in [0.2, 0.25) is 13.7 Å². The molecular weight excluding hydrogens is 349 g/mol. The summed E-state index contributed by atoms with van der Waals surface area (Å²) >= 11 is 19.9. The molecule has 1 aromatic heterocycles. The van der Waals surface area contributed by atoms with Gasteiger partial charge in [-0.25, -0.2) is 0 Å². The zero-order chi connectivity index (χ0) is 15.4. The van der Waals surface area contributed by atoms with Crippen LogP contribution in [0.25, 0.3) is 0 Å². The molecule has 0 amide bonds. The van der Waals surface area contributed by atoms with E-state index in [1.165, 1.54) is 11.3 Å². The van der Waals surface area contributed by atoms with Gasteiger partial charge in [0, 0.05) is 16.1 Å². The Bertz CT molecular complexity index is 615. The molecule has 0 bridgehead atoms. The second-order valence-electron chi connectivity index (χ2n) is 4.55. The molecule has 1 N–H and O–H groups in total. The Morgan fingerprint density at radius 3 is 2.52 bits per heavy atom. The van der Waals surface area contributed by atoms with E-state index in [1.807, 2.05) is 24.3 Å². The molecule has 2 rings (SSSR count). The van der Waals surface area contributed by atoms with Gasteiger partial charge in [-0.2, -0.15) is 0 Å². The van der Waals surface area contributed by atoms with Crippen molar-refractivity contribution < 1.29 is 4.74 Å². The molecular formula is C15H16Cl3NOS. The molecule has 0 fully saturated rings. The SMILES string of the molecule is CCCNC(c1cc(Cl)ccc1OC)c1cc(Cl)sc1Cl. The molecule has 0 saturated heterocycles. The number of methoxy groups -OCH3 is 1. The molecule has 1 heterocycles. The molecule has 6 heteroatoms. The van der Waals surface area contributed by atoms with Gasteiger partial charge in [0.1, 0.15) is 5.75 Å². The second-order valence-corrected chi connectivity index (χ2v) is 7.27. The zero-order valence-electron chi connectivity index (χ0n) is 11.8. The number of ether oxygens (including phenoxy) is 1. The molecule has 0 radical (unpaired) electrons. The number of hydrogen-bond acceptors (Lipinski definition) is 3. The molecule has 0 aliphatic heterocycles. The molecule has 0 saturated carbocycles. The maximum Gasteiger partial charge on any atom is 0.124 e. The van der Waals surface area contributed by atoms with Gasteiger partial charge in [0.15, 0.2) is 0 Å². The van der Waals surface area contributed by atoms with E-state index in [0.717, 1.165) is 29.8 Å². The van der Waals surface area contributed by atoms with Crippen LogP contribution >= 0.6 is 46.1 Å². The molecule has 0 aliphatic rings. The van der Waals surface area contributed by atoms with Gasteiger partial charge in [0.25, 0.3) is 0 Å². The summed E-state index contributed by atoms with van der Waals surface area (Å²) in [5.74, 6) is 0.770. The highest BCUT2D eigenvalue weighted by Crippen LogP contribution is 2.40. The first-order valence-electron chi connectivity index (χ1n) is 6.58. The van der Waals surface area contributed by atoms with Crippen LogP contribution < -0.4 is 10.1 Å². The van der Waals surface area contributed by atoms with E-state index in [0.29, 0.717) is 13.7 Å². The van der Waals surface area contributed by atoms with Crippen molar-refractivity contribution in [1.29, 1.82) is 0 Å². The van der Waals surface area contributed by atoms with Gasteiger partial charge in [-0.15, -0.1) is 11.3 Å². The average Bonchev–Trinajstić information content (AvgIpc) is 2.78. The van der Waals surface area contributed by atoms with Crippen LogP contribution in [0, 0.1) is 0 Å². The summed E-state index contributed by atoms with van der Waals surface area (Å²) in [6.07, 6.45) is 1.01. The lowest BCUT2D eigenvalue weighted by atomic mass is 10.00. The van der Waals surface area contributed by atoms with Crippen LogP contribution in [0.3, 0.4) is 0 Å². The normalized spacial score (nSPS) is 12.4. The third-order valence-corrected chi connectivity index (χ3v) is 4.85. The lowest BCUT2D eigenvalue weighted by Crippen LogP contribution is -2.23. The second kappa shape index (κ2) is 7.70. The number of hydrogen-bond donors (Lipinski definition) is 1. The fourth-order valence-electron chi connectivity index (χ4n) is 2.16. The van der Waals surface area contributed by atoms with E-state index in [-0.39, 0.29) is 6.04 Å². The third kappa shape index (κ3) is 4.05. The Balaban J connectivity index is 2.50. The van der Waals surface area contributed by atoms with Gasteiger partial charge in [0.2, 0.25) is 0 Å². The summed E-state index contributed by atoms with van der Waals surface area (Å²) in [5.41, 5.74) is 1.90. The number of nitrogens with one attached hydrogen (secondary N) is 1. The summed E-state index contributed by atoms with van der Waals surface area (Å²) in [6.45, 7) is 2.96. The highest BCUT2D eigenvalue weighted by Gasteiger charge is 2.22. The van der Waals surface area contributed by atoms with Crippen LogP contribution in [-0.4, -0.2) is 13.7 Å². The van der Waals surface area contributed by atoms with Gasteiger partial charge < -0.3 is 10.1 Å². The van der Waals surface area contributed by atoms with Crippen molar-refractivity contribution in [2.24, 2.45) is 0 Å². The first-order valence-corrected chi connectivity index (χ1v) is 8.53. The Hall–Kier alpha value is -0.450. The molecule has 1 unspecified atom stereocenters. The molecule has 2 aromatic rings. The van der Waals surface area contributed by atoms with Crippen molar-refractivity contribution in [3.05, 3.63) is 49.1 Å². The van der Waals surface area contributed by atoms with E-state index < -0.39 is 0 Å². The van der Waals surface area contributed by atoms with E-state index in [1.54, 1.807) is 7.11 Å². The van der Waals surface area contributed by atoms with Gasteiger partial charge in [-0.1, -0.05) is 41.7 Å². The monoisotopic (exact) mass is 363 g/mol. The predicted octanol–water partition coefficient (Wildman–Crippen LogP) is 5.81. The van der Waals surface area contributed by atoms with Crippen molar-refractivity contribution in [3.63, 3.8) is 0 Å². The van der Waals surface area contributed by atoms with Crippen molar-refractivity contribution in [2.45, 2.75) is 19.4 Å². The Kier molecular flexibility index (Phi) is 6.20. The van der Waals surface area contributed by atoms with Gasteiger partial charge in [0.05, 0.1) is 21.8 Å². The van der Waals surface area contributed by atoms with Crippen LogP contribution in [0.4, 0.5) is 0 Å². The summed E-state index contributed by atoms with van der Waals surface area (Å²) in [6, 6.07) is 7.36. The van der Waals surface area contributed by atoms with Gasteiger partial charge in [-0.3, -0.25) is 0 Å². The van der Waals surface area contributed by atoms with Crippen LogP contribution in [-0.2, 0) is 0 Å². The van der Waals surface area contributed by atoms with Gasteiger partial charge >= 0.3 is 0 Å². The third-order valence-electron chi connectivity index (χ3n) is 3.10. The number of rotatable bonds is 6. The van der Waals surface area contributed by atoms with E-state index in [9.17, 15) is 0 Å². The summed E-state index contributed by atoms with van der Waals surface area (Å²) < 4.78 is 6.80. The quantitative estimate of drug-likeness (QED) is 0.698. The molecule has 1 aromatic carbocycles. The van der Waals surface area contributed by atoms with Gasteiger partial charge in [-0.05, 0) is 37.2 Å². The van der Waals surface area contributed by atoms with E-state index in [2.05, 4.69) is 12.2 Å². The van der Waals surface area contributed by atoms with Crippen molar-refractivity contribution in [2.75, 3.05) is 13.7 Å². The maximum absolute atomic E-state index is 6.32. The molecule has 0 aliphatic carbocycles. The number of thiophene rings is 1. The molecule has 21 heavy (non-hydrogen) atoms. The number of benzene rings is 1. The van der Waals surface area contributed by atoms with Crippen LogP contribution in [0.15, 0.2) is 24.3 Å². The first-order chi connectivity index (χ1) is 10.1. The summed E-state index contributed by atoms with van der Waals surface area (Å²) in [7, 11) is 1.64. The molecule has 1 atom stereocenters. The first kappa shape index (κ1) is 16.9. The van der Waals surface area contributed by atoms with Crippen LogP contribution in [0.1, 0.15) is 30.5 Å². The minimum absolute atomic E-state index is 0.102. The highest BCUT2D eigenvalue weighted by molar-refractivity contribution is 7.20. The molecule has 114 valence electrons. The fraction of sp³-hybridized carbons (Fsp3) is 0.333. The Morgan fingerprint density at radius 1 is 1.19 bits per heavy atom. The van der Waals surface area contributed by atoms with E-state index >= 15 is 0 Å². The zero-order valence-corrected chi connectivity index (χ0v) is 14.8. The van der Waals surface area contributed by atoms with E-state index in [4.69, 9.17) is 39.5 Å². The molecule has 0 spiro atoms. The fourth-order valence-corrected chi connectivity index (χ4v) is 3.87. The topological polar surface area (TPSA) is 21.3 Å². The molecule has 2 nitrogen and oxygen atoms in total. The lowest BCUT2D eigenvalue weighted by molar-refractivity contribution is 0.404. The Morgan fingerprint density at radius 2 is 1.95 bits per heavy atom. The number of halogens is 3. The van der Waals surface area contributed by atoms with Crippen LogP contribution in [0.5, 0.6) is 5.75 Å².